The summed E-state index contributed by atoms with van der Waals surface area (Å²) in [5, 5.41) is 5.62. The van der Waals surface area contributed by atoms with Crippen LogP contribution in [0, 0.1) is 5.92 Å². The maximum atomic E-state index is 11.2. The topological polar surface area (TPSA) is 70.7 Å². The van der Waals surface area contributed by atoms with Gasteiger partial charge >= 0.3 is 0 Å². The molecule has 0 radical (unpaired) electrons. The molecule has 0 bridgehead atoms. The largest absolute Gasteiger partial charge is 0.370 e. The van der Waals surface area contributed by atoms with Crippen LogP contribution in [0.2, 0.25) is 0 Å². The van der Waals surface area contributed by atoms with Crippen molar-refractivity contribution in [1.29, 1.82) is 0 Å². The predicted octanol–water partition coefficient (Wildman–Crippen LogP) is 2.19. The molecule has 1 amide bonds. The Morgan fingerprint density at radius 3 is 2.96 bits per heavy atom. The Kier molecular flexibility index (Phi) is 6.04. The lowest BCUT2D eigenvalue weighted by atomic mass is 9.91. The van der Waals surface area contributed by atoms with Gasteiger partial charge in [0.15, 0.2) is 5.96 Å². The van der Waals surface area contributed by atoms with Gasteiger partial charge in [0.25, 0.3) is 0 Å². The Morgan fingerprint density at radius 2 is 2.35 bits per heavy atom. The van der Waals surface area contributed by atoms with Gasteiger partial charge in [-0.15, -0.1) is 11.3 Å². The number of aliphatic imine (C=N–C) groups is 1. The number of hydrogen-bond acceptors (Lipinski definition) is 3. The number of primary amides is 1. The van der Waals surface area contributed by atoms with Crippen LogP contribution in [-0.4, -0.2) is 43.4 Å². The summed E-state index contributed by atoms with van der Waals surface area (Å²) in [7, 11) is 1.82. The van der Waals surface area contributed by atoms with E-state index in [9.17, 15) is 4.79 Å². The predicted molar refractivity (Wildman–Crippen MR) is 96.8 cm³/mol. The summed E-state index contributed by atoms with van der Waals surface area (Å²) in [6.45, 7) is 7.14. The van der Waals surface area contributed by atoms with Crippen LogP contribution in [0.15, 0.2) is 22.5 Å². The lowest BCUT2D eigenvalue weighted by Gasteiger charge is -2.36. The summed E-state index contributed by atoms with van der Waals surface area (Å²) >= 11 is 1.79. The van der Waals surface area contributed by atoms with Crippen molar-refractivity contribution < 1.29 is 4.79 Å². The molecule has 0 saturated carbocycles. The molecule has 0 aromatic carbocycles. The van der Waals surface area contributed by atoms with Gasteiger partial charge in [-0.05, 0) is 30.2 Å². The molecule has 1 aliphatic rings. The average molecular weight is 337 g/mol. The van der Waals surface area contributed by atoms with Crippen molar-refractivity contribution >= 4 is 23.2 Å². The molecule has 1 aromatic rings. The number of carbonyl (C=O) groups excluding carboxylic acids is 1. The minimum absolute atomic E-state index is 0.0620. The summed E-state index contributed by atoms with van der Waals surface area (Å²) in [5.74, 6) is 1.05. The van der Waals surface area contributed by atoms with E-state index in [-0.39, 0.29) is 11.3 Å². The molecule has 23 heavy (non-hydrogen) atoms. The van der Waals surface area contributed by atoms with Gasteiger partial charge in [-0.2, -0.15) is 0 Å². The highest BCUT2D eigenvalue weighted by molar-refractivity contribution is 7.10. The number of nitrogens with zero attached hydrogens (tertiary/aromatic N) is 2. The molecule has 0 spiro atoms. The van der Waals surface area contributed by atoms with E-state index in [0.717, 1.165) is 38.4 Å². The van der Waals surface area contributed by atoms with Crippen LogP contribution >= 0.6 is 11.3 Å². The van der Waals surface area contributed by atoms with Gasteiger partial charge in [0.2, 0.25) is 5.91 Å². The first kappa shape index (κ1) is 17.8. The van der Waals surface area contributed by atoms with E-state index in [1.807, 2.05) is 7.05 Å². The Hall–Kier alpha value is -1.56. The molecule has 1 aromatic heterocycles. The lowest BCUT2D eigenvalue weighted by molar-refractivity contribution is -0.119. The fourth-order valence-electron chi connectivity index (χ4n) is 3.09. The standard InChI is InChI=1S/C17H28N4OS/c1-17(2,14-7-5-9-23-14)12-20-16(19-3)21-8-4-6-13(11-21)10-15(18)22/h5,7,9,13H,4,6,8,10-12H2,1-3H3,(H2,18,22)(H,19,20). The zero-order valence-corrected chi connectivity index (χ0v) is 15.2. The number of carbonyl (C=O) groups is 1. The number of guanidine groups is 1. The third-order valence-corrected chi connectivity index (χ3v) is 5.63. The minimum atomic E-state index is -0.210. The molecular weight excluding hydrogens is 308 g/mol. The lowest BCUT2D eigenvalue weighted by Crippen LogP contribution is -2.49. The van der Waals surface area contributed by atoms with Gasteiger partial charge in [-0.3, -0.25) is 9.79 Å². The third-order valence-electron chi connectivity index (χ3n) is 4.40. The van der Waals surface area contributed by atoms with Crippen LogP contribution in [0.1, 0.15) is 38.0 Å². The Morgan fingerprint density at radius 1 is 1.57 bits per heavy atom. The van der Waals surface area contributed by atoms with E-state index in [0.29, 0.717) is 12.3 Å². The van der Waals surface area contributed by atoms with E-state index in [1.165, 1.54) is 4.88 Å². The molecule has 6 heteroatoms. The highest BCUT2D eigenvalue weighted by Crippen LogP contribution is 2.27. The van der Waals surface area contributed by atoms with Crippen molar-refractivity contribution in [3.8, 4) is 0 Å². The number of amides is 1. The molecule has 1 aliphatic heterocycles. The van der Waals surface area contributed by atoms with E-state index < -0.39 is 0 Å². The minimum Gasteiger partial charge on any atom is -0.370 e. The third kappa shape index (κ3) is 4.96. The van der Waals surface area contributed by atoms with Gasteiger partial charge < -0.3 is 16.0 Å². The van der Waals surface area contributed by atoms with E-state index in [1.54, 1.807) is 11.3 Å². The van der Waals surface area contributed by atoms with E-state index >= 15 is 0 Å². The van der Waals surface area contributed by atoms with Gasteiger partial charge in [-0.1, -0.05) is 19.9 Å². The van der Waals surface area contributed by atoms with Gasteiger partial charge in [0.1, 0.15) is 0 Å². The second-order valence-electron chi connectivity index (χ2n) is 6.89. The Labute approximate surface area is 143 Å². The van der Waals surface area contributed by atoms with Crippen molar-refractivity contribution in [2.45, 2.75) is 38.5 Å². The molecule has 2 rings (SSSR count). The Balaban J connectivity index is 1.93. The normalized spacial score (nSPS) is 19.7. The second-order valence-corrected chi connectivity index (χ2v) is 7.83. The van der Waals surface area contributed by atoms with Crippen LogP contribution < -0.4 is 11.1 Å². The van der Waals surface area contributed by atoms with Crippen LogP contribution in [0.5, 0.6) is 0 Å². The fraction of sp³-hybridized carbons (Fsp3) is 0.647. The number of piperidine rings is 1. The number of likely N-dealkylation sites (tertiary alicyclic amines) is 1. The van der Waals surface area contributed by atoms with Crippen molar-refractivity contribution in [2.75, 3.05) is 26.7 Å². The molecule has 5 nitrogen and oxygen atoms in total. The Bertz CT molecular complexity index is 539. The highest BCUT2D eigenvalue weighted by Gasteiger charge is 2.26. The van der Waals surface area contributed by atoms with E-state index in [4.69, 9.17) is 5.73 Å². The van der Waals surface area contributed by atoms with E-state index in [2.05, 4.69) is 46.6 Å². The second kappa shape index (κ2) is 7.81. The SMILES string of the molecule is CN=C(NCC(C)(C)c1cccs1)N1CCCC(CC(N)=O)C1. The zero-order valence-electron chi connectivity index (χ0n) is 14.3. The summed E-state index contributed by atoms with van der Waals surface area (Å²) in [6, 6.07) is 4.27. The quantitative estimate of drug-likeness (QED) is 0.639. The van der Waals surface area contributed by atoms with Crippen molar-refractivity contribution in [2.24, 2.45) is 16.6 Å². The van der Waals surface area contributed by atoms with Crippen LogP contribution in [-0.2, 0) is 10.2 Å². The summed E-state index contributed by atoms with van der Waals surface area (Å²) in [5.41, 5.74) is 5.41. The summed E-state index contributed by atoms with van der Waals surface area (Å²) in [4.78, 5) is 19.2. The first-order valence-electron chi connectivity index (χ1n) is 8.20. The van der Waals surface area contributed by atoms with Crippen LogP contribution in [0.25, 0.3) is 0 Å². The number of thiophene rings is 1. The molecule has 0 aliphatic carbocycles. The molecule has 1 unspecified atom stereocenters. The first-order chi connectivity index (χ1) is 10.9. The van der Waals surface area contributed by atoms with Gasteiger partial charge in [0, 0.05) is 43.4 Å². The van der Waals surface area contributed by atoms with Gasteiger partial charge in [0.05, 0.1) is 0 Å². The number of nitrogens with two attached hydrogens (primary N) is 1. The fourth-order valence-corrected chi connectivity index (χ4v) is 3.94. The van der Waals surface area contributed by atoms with Crippen molar-refractivity contribution in [3.05, 3.63) is 22.4 Å². The number of hydrogen-bond donors (Lipinski definition) is 2. The van der Waals surface area contributed by atoms with Crippen molar-refractivity contribution in [3.63, 3.8) is 0 Å². The smallest absolute Gasteiger partial charge is 0.217 e. The molecule has 2 heterocycles. The number of nitrogens with one attached hydrogen (secondary N) is 1. The summed E-state index contributed by atoms with van der Waals surface area (Å²) < 4.78 is 0. The first-order valence-corrected chi connectivity index (χ1v) is 9.08. The molecular formula is C17H28N4OS. The number of rotatable bonds is 5. The van der Waals surface area contributed by atoms with Crippen LogP contribution in [0.4, 0.5) is 0 Å². The average Bonchev–Trinajstić information content (AvgIpc) is 3.02. The summed E-state index contributed by atoms with van der Waals surface area (Å²) in [6.07, 6.45) is 2.61. The highest BCUT2D eigenvalue weighted by atomic mass is 32.1. The molecule has 1 atom stereocenters. The molecule has 128 valence electrons. The van der Waals surface area contributed by atoms with Crippen LogP contribution in [0.3, 0.4) is 0 Å². The molecule has 1 fully saturated rings. The van der Waals surface area contributed by atoms with Crippen molar-refractivity contribution in [1.82, 2.24) is 10.2 Å². The maximum absolute atomic E-state index is 11.2. The maximum Gasteiger partial charge on any atom is 0.217 e. The molecule has 3 N–H and O–H groups in total. The molecule has 1 saturated heterocycles. The zero-order chi connectivity index (χ0) is 16.9. The monoisotopic (exact) mass is 336 g/mol. The van der Waals surface area contributed by atoms with Gasteiger partial charge in [-0.25, -0.2) is 0 Å².